The number of hydrogen-bond acceptors (Lipinski definition) is 4. The van der Waals surface area contributed by atoms with E-state index in [0.717, 1.165) is 26.2 Å². The number of furan rings is 1. The predicted molar refractivity (Wildman–Crippen MR) is 92.0 cm³/mol. The SMILES string of the molecule is CN=C(NCC1CCOC1)NCC(C)(O)c1ccco1.I. The van der Waals surface area contributed by atoms with Gasteiger partial charge in [-0.25, -0.2) is 0 Å². The number of aliphatic imine (C=N–C) groups is 1. The van der Waals surface area contributed by atoms with Crippen LogP contribution in [0.2, 0.25) is 0 Å². The molecule has 0 spiro atoms. The minimum atomic E-state index is -1.07. The lowest BCUT2D eigenvalue weighted by Crippen LogP contribution is -2.45. The smallest absolute Gasteiger partial charge is 0.191 e. The van der Waals surface area contributed by atoms with Gasteiger partial charge in [-0.3, -0.25) is 4.99 Å². The summed E-state index contributed by atoms with van der Waals surface area (Å²) in [5.74, 6) is 1.73. The van der Waals surface area contributed by atoms with Gasteiger partial charge in [-0.2, -0.15) is 0 Å². The second-order valence-electron chi connectivity index (χ2n) is 5.29. The Labute approximate surface area is 142 Å². The number of rotatable bonds is 5. The summed E-state index contributed by atoms with van der Waals surface area (Å²) in [5, 5.41) is 16.7. The minimum absolute atomic E-state index is 0. The molecular formula is C14H24IN3O3. The van der Waals surface area contributed by atoms with Gasteiger partial charge in [0.1, 0.15) is 11.4 Å². The Morgan fingerprint density at radius 3 is 2.90 bits per heavy atom. The summed E-state index contributed by atoms with van der Waals surface area (Å²) in [6.45, 7) is 4.49. The van der Waals surface area contributed by atoms with Crippen molar-refractivity contribution >= 4 is 29.9 Å². The summed E-state index contributed by atoms with van der Waals surface area (Å²) in [6.07, 6.45) is 2.63. The molecule has 0 radical (unpaired) electrons. The maximum Gasteiger partial charge on any atom is 0.191 e. The summed E-state index contributed by atoms with van der Waals surface area (Å²) in [4.78, 5) is 4.15. The van der Waals surface area contributed by atoms with Crippen molar-refractivity contribution < 1.29 is 14.3 Å². The maximum atomic E-state index is 10.3. The zero-order chi connectivity index (χ0) is 14.4. The van der Waals surface area contributed by atoms with Gasteiger partial charge >= 0.3 is 0 Å². The molecule has 1 fully saturated rings. The van der Waals surface area contributed by atoms with E-state index >= 15 is 0 Å². The predicted octanol–water partition coefficient (Wildman–Crippen LogP) is 1.31. The number of halogens is 1. The van der Waals surface area contributed by atoms with Crippen LogP contribution in [-0.4, -0.2) is 44.4 Å². The standard InChI is InChI=1S/C14H23N3O3.HI/c1-14(18,12-4-3-6-20-12)10-17-13(15-2)16-8-11-5-7-19-9-11;/h3-4,6,11,18H,5,7-10H2,1-2H3,(H2,15,16,17);1H. The van der Waals surface area contributed by atoms with E-state index in [-0.39, 0.29) is 24.0 Å². The van der Waals surface area contributed by atoms with Crippen LogP contribution in [0.4, 0.5) is 0 Å². The van der Waals surface area contributed by atoms with Crippen molar-refractivity contribution in [2.75, 3.05) is 33.4 Å². The molecule has 7 heteroatoms. The summed E-state index contributed by atoms with van der Waals surface area (Å²) in [6, 6.07) is 3.52. The highest BCUT2D eigenvalue weighted by Crippen LogP contribution is 2.19. The Morgan fingerprint density at radius 1 is 1.52 bits per heavy atom. The van der Waals surface area contributed by atoms with Gasteiger partial charge < -0.3 is 24.9 Å². The Hall–Kier alpha value is -0.800. The van der Waals surface area contributed by atoms with Crippen molar-refractivity contribution in [3.8, 4) is 0 Å². The van der Waals surface area contributed by atoms with Crippen molar-refractivity contribution in [1.29, 1.82) is 0 Å². The van der Waals surface area contributed by atoms with Crippen LogP contribution >= 0.6 is 24.0 Å². The molecule has 0 bridgehead atoms. The third-order valence-electron chi connectivity index (χ3n) is 3.46. The molecule has 21 heavy (non-hydrogen) atoms. The lowest BCUT2D eigenvalue weighted by Gasteiger charge is -2.23. The monoisotopic (exact) mass is 409 g/mol. The first-order chi connectivity index (χ1) is 9.62. The van der Waals surface area contributed by atoms with Gasteiger partial charge in [0.05, 0.1) is 19.4 Å². The highest BCUT2D eigenvalue weighted by atomic mass is 127. The second kappa shape index (κ2) is 8.60. The van der Waals surface area contributed by atoms with E-state index in [1.165, 1.54) is 0 Å². The van der Waals surface area contributed by atoms with E-state index in [4.69, 9.17) is 9.15 Å². The molecule has 120 valence electrons. The van der Waals surface area contributed by atoms with Gasteiger partial charge in [-0.15, -0.1) is 24.0 Å². The fourth-order valence-electron chi connectivity index (χ4n) is 2.13. The van der Waals surface area contributed by atoms with E-state index in [2.05, 4.69) is 15.6 Å². The summed E-state index contributed by atoms with van der Waals surface area (Å²) >= 11 is 0. The third kappa shape index (κ3) is 5.48. The van der Waals surface area contributed by atoms with Crippen molar-refractivity contribution in [3.05, 3.63) is 24.2 Å². The summed E-state index contributed by atoms with van der Waals surface area (Å²) in [5.41, 5.74) is -1.07. The van der Waals surface area contributed by atoms with E-state index < -0.39 is 5.60 Å². The highest BCUT2D eigenvalue weighted by Gasteiger charge is 2.26. The van der Waals surface area contributed by atoms with E-state index in [1.54, 1.807) is 32.4 Å². The van der Waals surface area contributed by atoms with Gasteiger partial charge in [-0.1, -0.05) is 0 Å². The summed E-state index contributed by atoms with van der Waals surface area (Å²) < 4.78 is 10.6. The molecule has 6 nitrogen and oxygen atoms in total. The topological polar surface area (TPSA) is 79.0 Å². The number of aliphatic hydroxyl groups is 1. The number of nitrogens with zero attached hydrogens (tertiary/aromatic N) is 1. The van der Waals surface area contributed by atoms with Crippen molar-refractivity contribution in [3.63, 3.8) is 0 Å². The van der Waals surface area contributed by atoms with Gasteiger partial charge in [-0.05, 0) is 25.5 Å². The molecule has 1 aromatic rings. The fraction of sp³-hybridized carbons (Fsp3) is 0.643. The van der Waals surface area contributed by atoms with Gasteiger partial charge in [0, 0.05) is 26.1 Å². The van der Waals surface area contributed by atoms with Crippen LogP contribution in [0.5, 0.6) is 0 Å². The fourth-order valence-corrected chi connectivity index (χ4v) is 2.13. The average Bonchev–Trinajstić information content (AvgIpc) is 3.12. The van der Waals surface area contributed by atoms with Crippen LogP contribution in [0.1, 0.15) is 19.1 Å². The minimum Gasteiger partial charge on any atom is -0.466 e. The summed E-state index contributed by atoms with van der Waals surface area (Å²) in [7, 11) is 1.71. The zero-order valence-electron chi connectivity index (χ0n) is 12.5. The van der Waals surface area contributed by atoms with E-state index in [1.807, 2.05) is 0 Å². The number of ether oxygens (including phenoxy) is 1. The molecule has 0 saturated carbocycles. The quantitative estimate of drug-likeness (QED) is 0.388. The van der Waals surface area contributed by atoms with Crippen LogP contribution in [0.25, 0.3) is 0 Å². The zero-order valence-corrected chi connectivity index (χ0v) is 14.8. The first kappa shape index (κ1) is 18.2. The van der Waals surface area contributed by atoms with Crippen molar-refractivity contribution in [1.82, 2.24) is 10.6 Å². The van der Waals surface area contributed by atoms with Crippen LogP contribution in [-0.2, 0) is 10.3 Å². The van der Waals surface area contributed by atoms with Gasteiger partial charge in [0.2, 0.25) is 0 Å². The number of nitrogens with one attached hydrogen (secondary N) is 2. The maximum absolute atomic E-state index is 10.3. The number of hydrogen-bond donors (Lipinski definition) is 3. The molecule has 3 N–H and O–H groups in total. The van der Waals surface area contributed by atoms with Crippen LogP contribution in [0.3, 0.4) is 0 Å². The van der Waals surface area contributed by atoms with Gasteiger partial charge in [0.25, 0.3) is 0 Å². The third-order valence-corrected chi connectivity index (χ3v) is 3.46. The van der Waals surface area contributed by atoms with Crippen molar-refractivity contribution in [2.45, 2.75) is 18.9 Å². The number of guanidine groups is 1. The van der Waals surface area contributed by atoms with Crippen LogP contribution < -0.4 is 10.6 Å². The van der Waals surface area contributed by atoms with Gasteiger partial charge in [0.15, 0.2) is 5.96 Å². The first-order valence-corrected chi connectivity index (χ1v) is 6.90. The van der Waals surface area contributed by atoms with Crippen molar-refractivity contribution in [2.24, 2.45) is 10.9 Å². The Morgan fingerprint density at radius 2 is 2.33 bits per heavy atom. The van der Waals surface area contributed by atoms with Crippen LogP contribution in [0, 0.1) is 5.92 Å². The lowest BCUT2D eigenvalue weighted by atomic mass is 10.0. The molecule has 0 aromatic carbocycles. The molecule has 2 heterocycles. The molecule has 1 aliphatic heterocycles. The average molecular weight is 409 g/mol. The molecule has 1 aliphatic rings. The largest absolute Gasteiger partial charge is 0.466 e. The molecule has 0 amide bonds. The molecular weight excluding hydrogens is 385 g/mol. The first-order valence-electron chi connectivity index (χ1n) is 6.90. The molecule has 0 aliphatic carbocycles. The molecule has 2 rings (SSSR count). The Kier molecular flexibility index (Phi) is 7.47. The normalized spacial score (nSPS) is 21.5. The van der Waals surface area contributed by atoms with E-state index in [9.17, 15) is 5.11 Å². The molecule has 1 aromatic heterocycles. The Balaban J connectivity index is 0.00000220. The molecule has 1 saturated heterocycles. The van der Waals surface area contributed by atoms with E-state index in [0.29, 0.717) is 24.2 Å². The molecule has 2 atom stereocenters. The van der Waals surface area contributed by atoms with Crippen LogP contribution in [0.15, 0.2) is 27.8 Å². The Bertz CT molecular complexity index is 429. The highest BCUT2D eigenvalue weighted by molar-refractivity contribution is 14.0. The second-order valence-corrected chi connectivity index (χ2v) is 5.29. The lowest BCUT2D eigenvalue weighted by molar-refractivity contribution is 0.0385. The molecule has 2 unspecified atom stereocenters.